The summed E-state index contributed by atoms with van der Waals surface area (Å²) in [4.78, 5) is 24.7. The molecule has 108 valence electrons. The Kier molecular flexibility index (Phi) is 4.39. The van der Waals surface area contributed by atoms with E-state index in [-0.39, 0.29) is 12.0 Å². The molecule has 1 aliphatic rings. The van der Waals surface area contributed by atoms with E-state index in [1.54, 1.807) is 12.1 Å². The molecule has 3 N–H and O–H groups in total. The number of benzene rings is 1. The number of rotatable bonds is 4. The maximum absolute atomic E-state index is 11.4. The van der Waals surface area contributed by atoms with Crippen LogP contribution in [0.4, 0.5) is 0 Å². The molecule has 1 aliphatic heterocycles. The van der Waals surface area contributed by atoms with Crippen molar-refractivity contribution in [2.45, 2.75) is 32.4 Å². The summed E-state index contributed by atoms with van der Waals surface area (Å²) < 4.78 is 0. The van der Waals surface area contributed by atoms with Crippen molar-refractivity contribution in [2.24, 2.45) is 11.7 Å². The molecule has 2 atom stereocenters. The smallest absolute Gasteiger partial charge is 0.306 e. The predicted molar refractivity (Wildman–Crippen MR) is 75.2 cm³/mol. The summed E-state index contributed by atoms with van der Waals surface area (Å²) in [5.41, 5.74) is 6.83. The third-order valence-corrected chi connectivity index (χ3v) is 4.02. The molecule has 1 aromatic carbocycles. The number of hydrogen-bond acceptors (Lipinski definition) is 3. The lowest BCUT2D eigenvalue weighted by Gasteiger charge is -2.36. The largest absolute Gasteiger partial charge is 0.481 e. The number of nitrogens with two attached hydrogens (primary N) is 1. The molecule has 1 aromatic rings. The summed E-state index contributed by atoms with van der Waals surface area (Å²) in [5.74, 6) is -1.39. The first-order chi connectivity index (χ1) is 9.49. The molecular weight excluding hydrogens is 256 g/mol. The van der Waals surface area contributed by atoms with E-state index in [0.29, 0.717) is 24.9 Å². The summed E-state index contributed by atoms with van der Waals surface area (Å²) in [5, 5.41) is 9.07. The van der Waals surface area contributed by atoms with Gasteiger partial charge >= 0.3 is 5.97 Å². The van der Waals surface area contributed by atoms with Crippen LogP contribution in [0.3, 0.4) is 0 Å². The van der Waals surface area contributed by atoms with Crippen LogP contribution in [0.1, 0.15) is 35.7 Å². The Morgan fingerprint density at radius 3 is 2.70 bits per heavy atom. The van der Waals surface area contributed by atoms with Gasteiger partial charge in [-0.3, -0.25) is 14.5 Å². The first-order valence-electron chi connectivity index (χ1n) is 6.83. The highest BCUT2D eigenvalue weighted by Crippen LogP contribution is 2.25. The van der Waals surface area contributed by atoms with Crippen molar-refractivity contribution >= 4 is 11.9 Å². The van der Waals surface area contributed by atoms with Crippen molar-refractivity contribution in [2.75, 3.05) is 6.54 Å². The molecule has 2 rings (SSSR count). The Balaban J connectivity index is 2.08. The second kappa shape index (κ2) is 6.05. The second-order valence-electron chi connectivity index (χ2n) is 5.40. The molecule has 5 nitrogen and oxygen atoms in total. The van der Waals surface area contributed by atoms with Crippen LogP contribution >= 0.6 is 0 Å². The average Bonchev–Trinajstić information content (AvgIpc) is 2.41. The number of aliphatic carboxylic acids is 1. The monoisotopic (exact) mass is 276 g/mol. The summed E-state index contributed by atoms with van der Waals surface area (Å²) in [6.07, 6.45) is 1.30. The molecule has 0 radical (unpaired) electrons. The number of nitrogens with zero attached hydrogens (tertiary/aromatic N) is 1. The number of hydrogen-bond donors (Lipinski definition) is 2. The normalized spacial score (nSPS) is 23.4. The molecule has 2 unspecified atom stereocenters. The van der Waals surface area contributed by atoms with Gasteiger partial charge in [-0.2, -0.15) is 0 Å². The summed E-state index contributed by atoms with van der Waals surface area (Å²) in [6.45, 7) is 3.39. The fourth-order valence-electron chi connectivity index (χ4n) is 2.80. The lowest BCUT2D eigenvalue weighted by atomic mass is 9.91. The van der Waals surface area contributed by atoms with Gasteiger partial charge in [-0.05, 0) is 37.9 Å². The van der Waals surface area contributed by atoms with Gasteiger partial charge in [0.15, 0.2) is 0 Å². The molecule has 20 heavy (non-hydrogen) atoms. The predicted octanol–water partition coefficient (Wildman–Crippen LogP) is 1.47. The average molecular weight is 276 g/mol. The first-order valence-corrected chi connectivity index (χ1v) is 6.83. The summed E-state index contributed by atoms with van der Waals surface area (Å²) in [7, 11) is 0. The van der Waals surface area contributed by atoms with Crippen molar-refractivity contribution in [3.05, 3.63) is 35.4 Å². The van der Waals surface area contributed by atoms with Crippen LogP contribution in [0, 0.1) is 5.92 Å². The van der Waals surface area contributed by atoms with E-state index < -0.39 is 11.9 Å². The Morgan fingerprint density at radius 2 is 2.10 bits per heavy atom. The highest BCUT2D eigenvalue weighted by molar-refractivity contribution is 5.94. The molecular formula is C15H20N2O3. The van der Waals surface area contributed by atoms with Gasteiger partial charge in [0, 0.05) is 18.2 Å². The van der Waals surface area contributed by atoms with E-state index in [9.17, 15) is 9.59 Å². The van der Waals surface area contributed by atoms with Gasteiger partial charge in [0.05, 0.1) is 5.92 Å². The third kappa shape index (κ3) is 3.17. The SMILES string of the molecule is CC1CC(C(=O)O)CCN1Cc1ccccc1C(N)=O. The van der Waals surface area contributed by atoms with Crippen molar-refractivity contribution in [1.29, 1.82) is 0 Å². The highest BCUT2D eigenvalue weighted by atomic mass is 16.4. The zero-order chi connectivity index (χ0) is 14.7. The minimum absolute atomic E-state index is 0.186. The number of carboxylic acids is 1. The van der Waals surface area contributed by atoms with Gasteiger partial charge in [0.25, 0.3) is 0 Å². The molecule has 1 fully saturated rings. The van der Waals surface area contributed by atoms with Crippen LogP contribution < -0.4 is 5.73 Å². The van der Waals surface area contributed by atoms with Crippen LogP contribution in [0.2, 0.25) is 0 Å². The van der Waals surface area contributed by atoms with Gasteiger partial charge in [-0.15, -0.1) is 0 Å². The molecule has 5 heteroatoms. The molecule has 1 heterocycles. The number of primary amides is 1. The molecule has 0 bridgehead atoms. The number of amides is 1. The number of likely N-dealkylation sites (tertiary alicyclic amines) is 1. The standard InChI is InChI=1S/C15H20N2O3/c1-10-8-11(15(19)20)6-7-17(10)9-12-4-2-3-5-13(12)14(16)18/h2-5,10-11H,6-9H2,1H3,(H2,16,18)(H,19,20). The van der Waals surface area contributed by atoms with Crippen molar-refractivity contribution in [1.82, 2.24) is 4.90 Å². The van der Waals surface area contributed by atoms with E-state index in [1.807, 2.05) is 19.1 Å². The van der Waals surface area contributed by atoms with E-state index in [1.165, 1.54) is 0 Å². The maximum Gasteiger partial charge on any atom is 0.306 e. The van der Waals surface area contributed by atoms with Crippen LogP contribution in [-0.4, -0.2) is 34.5 Å². The number of carboxylic acid groups (broad SMARTS) is 1. The van der Waals surface area contributed by atoms with E-state index >= 15 is 0 Å². The van der Waals surface area contributed by atoms with Crippen LogP contribution in [-0.2, 0) is 11.3 Å². The van der Waals surface area contributed by atoms with Crippen molar-refractivity contribution in [3.8, 4) is 0 Å². The molecule has 0 aromatic heterocycles. The summed E-state index contributed by atoms with van der Waals surface area (Å²) >= 11 is 0. The van der Waals surface area contributed by atoms with E-state index in [2.05, 4.69) is 4.90 Å². The van der Waals surface area contributed by atoms with Gasteiger partial charge in [-0.1, -0.05) is 18.2 Å². The fraction of sp³-hybridized carbons (Fsp3) is 0.467. The first kappa shape index (κ1) is 14.5. The van der Waals surface area contributed by atoms with Crippen LogP contribution in [0.15, 0.2) is 24.3 Å². The van der Waals surface area contributed by atoms with E-state index in [0.717, 1.165) is 12.1 Å². The lowest BCUT2D eigenvalue weighted by Crippen LogP contribution is -2.42. The molecule has 0 saturated carbocycles. The zero-order valence-corrected chi connectivity index (χ0v) is 11.6. The maximum atomic E-state index is 11.4. The van der Waals surface area contributed by atoms with Gasteiger partial charge in [0.1, 0.15) is 0 Å². The van der Waals surface area contributed by atoms with E-state index in [4.69, 9.17) is 10.8 Å². The quantitative estimate of drug-likeness (QED) is 0.872. The molecule has 0 aliphatic carbocycles. The Bertz CT molecular complexity index is 516. The van der Waals surface area contributed by atoms with Gasteiger partial charge in [-0.25, -0.2) is 0 Å². The lowest BCUT2D eigenvalue weighted by molar-refractivity contribution is -0.144. The molecule has 0 spiro atoms. The Morgan fingerprint density at radius 1 is 1.40 bits per heavy atom. The Hall–Kier alpha value is -1.88. The van der Waals surface area contributed by atoms with Gasteiger partial charge in [0.2, 0.25) is 5.91 Å². The van der Waals surface area contributed by atoms with Crippen molar-refractivity contribution in [3.63, 3.8) is 0 Å². The topological polar surface area (TPSA) is 83.6 Å². The minimum atomic E-state index is -0.714. The third-order valence-electron chi connectivity index (χ3n) is 4.02. The zero-order valence-electron chi connectivity index (χ0n) is 11.6. The van der Waals surface area contributed by atoms with Crippen LogP contribution in [0.25, 0.3) is 0 Å². The number of carbonyl (C=O) groups excluding carboxylic acids is 1. The minimum Gasteiger partial charge on any atom is -0.481 e. The van der Waals surface area contributed by atoms with Crippen LogP contribution in [0.5, 0.6) is 0 Å². The fourth-order valence-corrected chi connectivity index (χ4v) is 2.80. The number of piperidine rings is 1. The molecule has 1 amide bonds. The number of carbonyl (C=O) groups is 2. The molecule has 1 saturated heterocycles. The summed E-state index contributed by atoms with van der Waals surface area (Å²) in [6, 6.07) is 7.49. The highest BCUT2D eigenvalue weighted by Gasteiger charge is 2.29. The Labute approximate surface area is 118 Å². The van der Waals surface area contributed by atoms with Crippen molar-refractivity contribution < 1.29 is 14.7 Å². The second-order valence-corrected chi connectivity index (χ2v) is 5.40. The van der Waals surface area contributed by atoms with Gasteiger partial charge < -0.3 is 10.8 Å².